The Hall–Kier alpha value is -2.71. The second-order valence-electron chi connectivity index (χ2n) is 6.42. The molecule has 0 aliphatic carbocycles. The van der Waals surface area contributed by atoms with Gasteiger partial charge in [-0.25, -0.2) is 4.39 Å². The number of carbonyl (C=O) groups is 1. The largest absolute Gasteiger partial charge is 0.488 e. The minimum absolute atomic E-state index is 0.121. The lowest BCUT2D eigenvalue weighted by atomic mass is 10.1. The predicted octanol–water partition coefficient (Wildman–Crippen LogP) is 4.91. The minimum Gasteiger partial charge on any atom is -0.488 e. The van der Waals surface area contributed by atoms with E-state index in [-0.39, 0.29) is 17.8 Å². The third-order valence-corrected chi connectivity index (χ3v) is 5.13. The summed E-state index contributed by atoms with van der Waals surface area (Å²) in [7, 11) is 0. The fourth-order valence-corrected chi connectivity index (χ4v) is 3.85. The molecule has 0 bridgehead atoms. The summed E-state index contributed by atoms with van der Waals surface area (Å²) in [5.41, 5.74) is 1.83. The number of hydrogen-bond donors (Lipinski definition) is 1. The molecule has 142 valence electrons. The molecule has 1 aliphatic heterocycles. The van der Waals surface area contributed by atoms with Crippen LogP contribution < -0.4 is 10.1 Å². The lowest BCUT2D eigenvalue weighted by molar-refractivity contribution is -0.115. The van der Waals surface area contributed by atoms with Crippen molar-refractivity contribution < 1.29 is 18.3 Å². The SMILES string of the molecule is CC(C)Oc1ccc(-c2cncc3cc(C=C4SC(=S)NC4=O)oc23)cc1F. The van der Waals surface area contributed by atoms with E-state index >= 15 is 0 Å². The normalized spacial score (nSPS) is 15.6. The average molecular weight is 414 g/mol. The number of thiocarbonyl (C=S) groups is 1. The van der Waals surface area contributed by atoms with Gasteiger partial charge >= 0.3 is 0 Å². The summed E-state index contributed by atoms with van der Waals surface area (Å²) in [4.78, 5) is 16.5. The van der Waals surface area contributed by atoms with Crippen LogP contribution in [-0.2, 0) is 4.79 Å². The van der Waals surface area contributed by atoms with E-state index in [1.165, 1.54) is 17.8 Å². The maximum atomic E-state index is 14.4. The zero-order chi connectivity index (χ0) is 19.8. The predicted molar refractivity (Wildman–Crippen MR) is 111 cm³/mol. The molecule has 1 fully saturated rings. The summed E-state index contributed by atoms with van der Waals surface area (Å²) < 4.78 is 26.2. The zero-order valence-corrected chi connectivity index (χ0v) is 16.6. The molecule has 1 aromatic carbocycles. The van der Waals surface area contributed by atoms with Crippen LogP contribution in [0.1, 0.15) is 19.6 Å². The second-order valence-corrected chi connectivity index (χ2v) is 8.14. The second kappa shape index (κ2) is 7.37. The molecule has 0 spiro atoms. The van der Waals surface area contributed by atoms with Crippen molar-refractivity contribution in [3.8, 4) is 16.9 Å². The Bertz CT molecular complexity index is 1140. The van der Waals surface area contributed by atoms with Crippen LogP contribution in [0, 0.1) is 5.82 Å². The van der Waals surface area contributed by atoms with Crippen molar-refractivity contribution in [2.75, 3.05) is 0 Å². The number of hydrogen-bond acceptors (Lipinski definition) is 6. The molecule has 4 rings (SSSR count). The van der Waals surface area contributed by atoms with Gasteiger partial charge in [-0.1, -0.05) is 30.0 Å². The monoisotopic (exact) mass is 414 g/mol. The summed E-state index contributed by atoms with van der Waals surface area (Å²) in [6, 6.07) is 6.53. The molecule has 0 atom stereocenters. The highest BCUT2D eigenvalue weighted by Gasteiger charge is 2.23. The van der Waals surface area contributed by atoms with Gasteiger partial charge in [0.25, 0.3) is 5.91 Å². The Balaban J connectivity index is 1.74. The number of thioether (sulfide) groups is 1. The zero-order valence-electron chi connectivity index (χ0n) is 15.0. The van der Waals surface area contributed by atoms with Crippen molar-refractivity contribution >= 4 is 51.3 Å². The number of rotatable bonds is 4. The van der Waals surface area contributed by atoms with Gasteiger partial charge in [0.15, 0.2) is 11.6 Å². The number of furan rings is 1. The van der Waals surface area contributed by atoms with Crippen LogP contribution in [0.25, 0.3) is 28.2 Å². The van der Waals surface area contributed by atoms with Crippen molar-refractivity contribution in [3.63, 3.8) is 0 Å². The molecule has 28 heavy (non-hydrogen) atoms. The van der Waals surface area contributed by atoms with Gasteiger partial charge in [-0.15, -0.1) is 0 Å². The van der Waals surface area contributed by atoms with Crippen molar-refractivity contribution in [2.24, 2.45) is 0 Å². The van der Waals surface area contributed by atoms with Crippen molar-refractivity contribution in [1.29, 1.82) is 0 Å². The van der Waals surface area contributed by atoms with Gasteiger partial charge in [-0.2, -0.15) is 0 Å². The third kappa shape index (κ3) is 3.65. The Morgan fingerprint density at radius 3 is 2.82 bits per heavy atom. The number of nitrogens with one attached hydrogen (secondary N) is 1. The molecule has 1 N–H and O–H groups in total. The maximum Gasteiger partial charge on any atom is 0.263 e. The number of aromatic nitrogens is 1. The van der Waals surface area contributed by atoms with Crippen LogP contribution in [0.5, 0.6) is 5.75 Å². The molecule has 1 saturated heterocycles. The van der Waals surface area contributed by atoms with E-state index in [1.54, 1.807) is 36.7 Å². The molecular formula is C20H15FN2O3S2. The highest BCUT2D eigenvalue weighted by atomic mass is 32.2. The molecule has 5 nitrogen and oxygen atoms in total. The van der Waals surface area contributed by atoms with Crippen molar-refractivity contribution in [1.82, 2.24) is 10.3 Å². The van der Waals surface area contributed by atoms with Crippen LogP contribution in [0.3, 0.4) is 0 Å². The number of nitrogens with zero attached hydrogens (tertiary/aromatic N) is 1. The molecule has 2 aromatic heterocycles. The first-order valence-electron chi connectivity index (χ1n) is 8.49. The Morgan fingerprint density at radius 1 is 1.32 bits per heavy atom. The van der Waals surface area contributed by atoms with E-state index in [0.29, 0.717) is 31.7 Å². The fraction of sp³-hybridized carbons (Fsp3) is 0.150. The molecule has 3 heterocycles. The first kappa shape index (κ1) is 18.6. The smallest absolute Gasteiger partial charge is 0.263 e. The molecule has 1 aliphatic rings. The first-order chi connectivity index (χ1) is 13.4. The van der Waals surface area contributed by atoms with E-state index in [9.17, 15) is 9.18 Å². The van der Waals surface area contributed by atoms with Gasteiger partial charge in [0.2, 0.25) is 0 Å². The third-order valence-electron chi connectivity index (χ3n) is 3.96. The topological polar surface area (TPSA) is 64.4 Å². The van der Waals surface area contributed by atoms with Gasteiger partial charge in [-0.05, 0) is 37.6 Å². The van der Waals surface area contributed by atoms with E-state index in [1.807, 2.05) is 13.8 Å². The number of fused-ring (bicyclic) bond motifs is 1. The lowest BCUT2D eigenvalue weighted by Gasteiger charge is -2.11. The van der Waals surface area contributed by atoms with Gasteiger partial charge in [0, 0.05) is 29.4 Å². The van der Waals surface area contributed by atoms with Crippen LogP contribution >= 0.6 is 24.0 Å². The Kier molecular flexibility index (Phi) is 4.91. The molecule has 0 saturated carbocycles. The fourth-order valence-electron chi connectivity index (χ4n) is 2.83. The quantitative estimate of drug-likeness (QED) is 0.483. The Labute approximate surface area is 170 Å². The number of pyridine rings is 1. The number of ether oxygens (including phenoxy) is 1. The first-order valence-corrected chi connectivity index (χ1v) is 9.72. The van der Waals surface area contributed by atoms with E-state index in [2.05, 4.69) is 10.3 Å². The summed E-state index contributed by atoms with van der Waals surface area (Å²) in [5, 5.41) is 3.31. The number of amides is 1. The van der Waals surface area contributed by atoms with Crippen molar-refractivity contribution in [2.45, 2.75) is 20.0 Å². The molecular weight excluding hydrogens is 399 g/mol. The number of halogens is 1. The van der Waals surface area contributed by atoms with Gasteiger partial charge < -0.3 is 14.5 Å². The molecule has 8 heteroatoms. The van der Waals surface area contributed by atoms with Crippen LogP contribution in [0.4, 0.5) is 4.39 Å². The minimum atomic E-state index is -0.454. The standard InChI is InChI=1S/C20H15FN2O3S2/c1-10(2)25-16-4-3-11(6-15(16)21)14-9-22-8-12-5-13(26-18(12)14)7-17-19(24)23-20(27)28-17/h3-10H,1-2H3,(H,23,24,27). The van der Waals surface area contributed by atoms with Crippen LogP contribution in [0.15, 0.2) is 46.0 Å². The summed E-state index contributed by atoms with van der Waals surface area (Å²) >= 11 is 6.17. The van der Waals surface area contributed by atoms with Crippen LogP contribution in [0.2, 0.25) is 0 Å². The van der Waals surface area contributed by atoms with Crippen molar-refractivity contribution in [3.05, 3.63) is 53.1 Å². The van der Waals surface area contributed by atoms with E-state index in [4.69, 9.17) is 21.4 Å². The van der Waals surface area contributed by atoms with Gasteiger partial charge in [0.05, 0.1) is 11.0 Å². The van der Waals surface area contributed by atoms with Gasteiger partial charge in [0.1, 0.15) is 15.7 Å². The highest BCUT2D eigenvalue weighted by molar-refractivity contribution is 8.26. The molecule has 0 radical (unpaired) electrons. The lowest BCUT2D eigenvalue weighted by Crippen LogP contribution is -2.17. The van der Waals surface area contributed by atoms with Crippen LogP contribution in [-0.4, -0.2) is 21.3 Å². The number of benzene rings is 1. The van der Waals surface area contributed by atoms with Gasteiger partial charge in [-0.3, -0.25) is 9.78 Å². The molecule has 1 amide bonds. The highest BCUT2D eigenvalue weighted by Crippen LogP contribution is 2.34. The molecule has 3 aromatic rings. The van der Waals surface area contributed by atoms with E-state index < -0.39 is 5.82 Å². The van der Waals surface area contributed by atoms with E-state index in [0.717, 1.165) is 5.39 Å². The molecule has 0 unspecified atom stereocenters. The summed E-state index contributed by atoms with van der Waals surface area (Å²) in [5.74, 6) is -0.0166. The average Bonchev–Trinajstić information content (AvgIpc) is 3.18. The summed E-state index contributed by atoms with van der Waals surface area (Å²) in [6.07, 6.45) is 4.78. The summed E-state index contributed by atoms with van der Waals surface area (Å²) in [6.45, 7) is 3.68. The number of carbonyl (C=O) groups excluding carboxylic acids is 1. The maximum absolute atomic E-state index is 14.4. The Morgan fingerprint density at radius 2 is 2.14 bits per heavy atom.